The van der Waals surface area contributed by atoms with Crippen molar-refractivity contribution in [2.75, 3.05) is 44.7 Å². The number of amides is 1. The molecule has 0 bridgehead atoms. The Kier molecular flexibility index (Phi) is 7.46. The van der Waals surface area contributed by atoms with Crippen molar-refractivity contribution in [2.45, 2.75) is 25.8 Å². The molecule has 0 aromatic heterocycles. The Morgan fingerprint density at radius 2 is 2.22 bits per heavy atom. The number of hydrogen-bond acceptors (Lipinski definition) is 4. The number of nitrogens with one attached hydrogen (secondary N) is 2. The van der Waals surface area contributed by atoms with Crippen LogP contribution in [0, 0.1) is 0 Å². The Labute approximate surface area is 112 Å². The van der Waals surface area contributed by atoms with E-state index in [1.165, 1.54) is 0 Å². The van der Waals surface area contributed by atoms with Gasteiger partial charge in [-0.3, -0.25) is 13.9 Å². The van der Waals surface area contributed by atoms with Crippen molar-refractivity contribution in [3.8, 4) is 0 Å². The lowest BCUT2D eigenvalue weighted by Gasteiger charge is -2.20. The third-order valence-electron chi connectivity index (χ3n) is 3.05. The average Bonchev–Trinajstić information content (AvgIpc) is 2.54. The molecular weight excluding hydrogens is 250 g/mol. The second kappa shape index (κ2) is 8.61. The number of rotatable bonds is 6. The third kappa shape index (κ3) is 7.08. The van der Waals surface area contributed by atoms with Gasteiger partial charge < -0.3 is 10.6 Å². The normalized spacial score (nSPS) is 21.0. The summed E-state index contributed by atoms with van der Waals surface area (Å²) in [7, 11) is -0.779. The maximum Gasteiger partial charge on any atom is 0.234 e. The molecule has 0 aromatic rings. The minimum Gasteiger partial charge on any atom is -0.353 e. The molecular formula is C12H25N3O2S. The largest absolute Gasteiger partial charge is 0.353 e. The molecule has 2 N–H and O–H groups in total. The summed E-state index contributed by atoms with van der Waals surface area (Å²) < 4.78 is 11.0. The SMILES string of the molecule is CC(CCS(C)=O)NC(=O)CN1CCCNCC1. The summed E-state index contributed by atoms with van der Waals surface area (Å²) in [5, 5.41) is 6.28. The minimum absolute atomic E-state index is 0.0753. The zero-order chi connectivity index (χ0) is 13.4. The molecule has 0 aromatic carbocycles. The first kappa shape index (κ1) is 15.6. The van der Waals surface area contributed by atoms with Crippen molar-refractivity contribution < 1.29 is 9.00 Å². The van der Waals surface area contributed by atoms with Crippen LogP contribution in [0.15, 0.2) is 0 Å². The zero-order valence-corrected chi connectivity index (χ0v) is 12.2. The van der Waals surface area contributed by atoms with Crippen molar-refractivity contribution in [1.82, 2.24) is 15.5 Å². The Bertz CT molecular complexity index is 278. The molecule has 18 heavy (non-hydrogen) atoms. The second-order valence-corrected chi connectivity index (χ2v) is 6.47. The van der Waals surface area contributed by atoms with Gasteiger partial charge in [-0.05, 0) is 32.9 Å². The highest BCUT2D eigenvalue weighted by Crippen LogP contribution is 1.97. The molecule has 106 valence electrons. The standard InChI is InChI=1S/C12H25N3O2S/c1-11(4-9-18(2)17)14-12(16)10-15-7-3-5-13-6-8-15/h11,13H,3-10H2,1-2H3,(H,14,16). The molecule has 1 fully saturated rings. The predicted molar refractivity (Wildman–Crippen MR) is 75.1 cm³/mol. The molecule has 6 heteroatoms. The van der Waals surface area contributed by atoms with Crippen molar-refractivity contribution >= 4 is 16.7 Å². The van der Waals surface area contributed by atoms with E-state index < -0.39 is 10.8 Å². The molecule has 0 radical (unpaired) electrons. The van der Waals surface area contributed by atoms with Crippen LogP contribution in [-0.4, -0.2) is 65.8 Å². The van der Waals surface area contributed by atoms with Gasteiger partial charge in [0, 0.05) is 41.9 Å². The first-order valence-corrected chi connectivity index (χ1v) is 8.33. The first-order valence-electron chi connectivity index (χ1n) is 6.60. The van der Waals surface area contributed by atoms with Gasteiger partial charge in [0.2, 0.25) is 5.91 Å². The van der Waals surface area contributed by atoms with E-state index in [1.54, 1.807) is 6.26 Å². The smallest absolute Gasteiger partial charge is 0.234 e. The molecule has 1 heterocycles. The van der Waals surface area contributed by atoms with E-state index >= 15 is 0 Å². The van der Waals surface area contributed by atoms with Gasteiger partial charge in [0.1, 0.15) is 0 Å². The number of carbonyl (C=O) groups is 1. The summed E-state index contributed by atoms with van der Waals surface area (Å²) in [6, 6.07) is 0.103. The molecule has 1 saturated heterocycles. The van der Waals surface area contributed by atoms with Gasteiger partial charge in [-0.1, -0.05) is 0 Å². The molecule has 5 nitrogen and oxygen atoms in total. The van der Waals surface area contributed by atoms with Gasteiger partial charge in [-0.2, -0.15) is 0 Å². The van der Waals surface area contributed by atoms with Gasteiger partial charge in [0.25, 0.3) is 0 Å². The van der Waals surface area contributed by atoms with E-state index in [2.05, 4.69) is 15.5 Å². The van der Waals surface area contributed by atoms with Gasteiger partial charge in [-0.25, -0.2) is 0 Å². The highest BCUT2D eigenvalue weighted by molar-refractivity contribution is 7.84. The highest BCUT2D eigenvalue weighted by Gasteiger charge is 2.14. The summed E-state index contributed by atoms with van der Waals surface area (Å²) in [6.45, 7) is 6.35. The Morgan fingerprint density at radius 1 is 1.44 bits per heavy atom. The third-order valence-corrected chi connectivity index (χ3v) is 3.86. The topological polar surface area (TPSA) is 61.4 Å². The summed E-state index contributed by atoms with van der Waals surface area (Å²) in [5.41, 5.74) is 0. The fraction of sp³-hybridized carbons (Fsp3) is 0.917. The van der Waals surface area contributed by atoms with E-state index in [0.29, 0.717) is 12.3 Å². The first-order chi connectivity index (χ1) is 8.58. The van der Waals surface area contributed by atoms with Crippen LogP contribution in [0.4, 0.5) is 0 Å². The van der Waals surface area contributed by atoms with Crippen LogP contribution in [0.1, 0.15) is 19.8 Å². The summed E-state index contributed by atoms with van der Waals surface area (Å²) in [4.78, 5) is 14.0. The summed E-state index contributed by atoms with van der Waals surface area (Å²) in [6.07, 6.45) is 3.56. The predicted octanol–water partition coefficient (Wildman–Crippen LogP) is -0.445. The maximum absolute atomic E-state index is 11.8. The monoisotopic (exact) mass is 275 g/mol. The molecule has 0 spiro atoms. The number of carbonyl (C=O) groups excluding carboxylic acids is 1. The lowest BCUT2D eigenvalue weighted by atomic mass is 10.2. The summed E-state index contributed by atoms with van der Waals surface area (Å²) >= 11 is 0. The zero-order valence-electron chi connectivity index (χ0n) is 11.4. The molecule has 0 saturated carbocycles. The van der Waals surface area contributed by atoms with Crippen molar-refractivity contribution in [2.24, 2.45) is 0 Å². The van der Waals surface area contributed by atoms with Crippen LogP contribution in [0.3, 0.4) is 0 Å². The molecule has 1 rings (SSSR count). The fourth-order valence-electron chi connectivity index (χ4n) is 2.00. The Morgan fingerprint density at radius 3 is 2.94 bits per heavy atom. The van der Waals surface area contributed by atoms with Crippen LogP contribution in [0.25, 0.3) is 0 Å². The van der Waals surface area contributed by atoms with Crippen molar-refractivity contribution in [1.29, 1.82) is 0 Å². The average molecular weight is 275 g/mol. The van der Waals surface area contributed by atoms with E-state index in [-0.39, 0.29) is 11.9 Å². The second-order valence-electron chi connectivity index (χ2n) is 4.91. The number of nitrogens with zero attached hydrogens (tertiary/aromatic N) is 1. The van der Waals surface area contributed by atoms with E-state index in [4.69, 9.17) is 0 Å². The fourth-order valence-corrected chi connectivity index (χ4v) is 2.68. The molecule has 1 aliphatic rings. The molecule has 0 aliphatic carbocycles. The quantitative estimate of drug-likeness (QED) is 0.690. The van der Waals surface area contributed by atoms with Crippen LogP contribution < -0.4 is 10.6 Å². The molecule has 2 atom stereocenters. The van der Waals surface area contributed by atoms with Crippen LogP contribution >= 0.6 is 0 Å². The summed E-state index contributed by atoms with van der Waals surface area (Å²) in [5.74, 6) is 0.723. The van der Waals surface area contributed by atoms with Gasteiger partial charge in [-0.15, -0.1) is 0 Å². The van der Waals surface area contributed by atoms with Crippen LogP contribution in [-0.2, 0) is 15.6 Å². The maximum atomic E-state index is 11.8. The molecule has 1 amide bonds. The lowest BCUT2D eigenvalue weighted by molar-refractivity contribution is -0.122. The van der Waals surface area contributed by atoms with E-state index in [1.807, 2.05) is 6.92 Å². The van der Waals surface area contributed by atoms with Gasteiger partial charge in [0.05, 0.1) is 6.54 Å². The van der Waals surface area contributed by atoms with Gasteiger partial charge >= 0.3 is 0 Å². The lowest BCUT2D eigenvalue weighted by Crippen LogP contribution is -2.42. The van der Waals surface area contributed by atoms with E-state index in [0.717, 1.165) is 39.0 Å². The van der Waals surface area contributed by atoms with Crippen LogP contribution in [0.2, 0.25) is 0 Å². The van der Waals surface area contributed by atoms with Crippen LogP contribution in [0.5, 0.6) is 0 Å². The van der Waals surface area contributed by atoms with Crippen molar-refractivity contribution in [3.63, 3.8) is 0 Å². The molecule has 2 unspecified atom stereocenters. The highest BCUT2D eigenvalue weighted by atomic mass is 32.2. The van der Waals surface area contributed by atoms with Crippen molar-refractivity contribution in [3.05, 3.63) is 0 Å². The molecule has 1 aliphatic heterocycles. The van der Waals surface area contributed by atoms with Gasteiger partial charge in [0.15, 0.2) is 0 Å². The minimum atomic E-state index is -0.779. The van der Waals surface area contributed by atoms with E-state index in [9.17, 15) is 9.00 Å². The Hall–Kier alpha value is -0.460. The number of hydrogen-bond donors (Lipinski definition) is 2. The Balaban J connectivity index is 2.20.